The van der Waals surface area contributed by atoms with E-state index >= 15 is 0 Å². The molecule has 1 aromatic carbocycles. The predicted molar refractivity (Wildman–Crippen MR) is 101 cm³/mol. The molecule has 0 saturated heterocycles. The maximum Gasteiger partial charge on any atom is 0.271 e. The van der Waals surface area contributed by atoms with Gasteiger partial charge in [0.1, 0.15) is 21.8 Å². The van der Waals surface area contributed by atoms with Gasteiger partial charge in [0.05, 0.1) is 24.6 Å². The largest absolute Gasteiger partial charge is 0.495 e. The summed E-state index contributed by atoms with van der Waals surface area (Å²) in [6.45, 7) is -0.137. The predicted octanol–water partition coefficient (Wildman–Crippen LogP) is 2.65. The van der Waals surface area contributed by atoms with E-state index in [1.165, 1.54) is 29.3 Å². The van der Waals surface area contributed by atoms with E-state index in [0.717, 1.165) is 10.2 Å². The number of amides is 1. The van der Waals surface area contributed by atoms with Gasteiger partial charge < -0.3 is 10.1 Å². The number of anilines is 1. The van der Waals surface area contributed by atoms with E-state index < -0.39 is 0 Å². The summed E-state index contributed by atoms with van der Waals surface area (Å²) in [5, 5.41) is 3.59. The number of hydrogen-bond donors (Lipinski definition) is 1. The van der Waals surface area contributed by atoms with E-state index in [1.807, 2.05) is 18.2 Å². The highest BCUT2D eigenvalue weighted by atomic mass is 32.1. The van der Waals surface area contributed by atoms with Crippen LogP contribution in [0.15, 0.2) is 53.7 Å². The van der Waals surface area contributed by atoms with Crippen LogP contribution in [-0.4, -0.2) is 27.6 Å². The van der Waals surface area contributed by atoms with Crippen LogP contribution in [0.5, 0.6) is 5.75 Å². The fourth-order valence-electron chi connectivity index (χ4n) is 2.71. The molecular weight excluding hydrogens is 352 g/mol. The number of methoxy groups -OCH3 is 1. The van der Waals surface area contributed by atoms with Crippen molar-refractivity contribution in [1.29, 1.82) is 0 Å². The summed E-state index contributed by atoms with van der Waals surface area (Å²) in [7, 11) is 1.53. The fourth-order valence-corrected chi connectivity index (χ4v) is 3.75. The highest BCUT2D eigenvalue weighted by Gasteiger charge is 2.14. The summed E-state index contributed by atoms with van der Waals surface area (Å²) in [6.07, 6.45) is 3.07. The highest BCUT2D eigenvalue weighted by Crippen LogP contribution is 2.28. The molecule has 26 heavy (non-hydrogen) atoms. The van der Waals surface area contributed by atoms with E-state index in [-0.39, 0.29) is 18.0 Å². The Labute approximate surface area is 151 Å². The molecule has 130 valence electrons. The lowest BCUT2D eigenvalue weighted by Crippen LogP contribution is -2.27. The average Bonchev–Trinajstić information content (AvgIpc) is 3.04. The highest BCUT2D eigenvalue weighted by molar-refractivity contribution is 7.25. The molecule has 0 aliphatic carbocycles. The lowest BCUT2D eigenvalue weighted by molar-refractivity contribution is -0.116. The summed E-state index contributed by atoms with van der Waals surface area (Å²) >= 11 is 1.28. The second kappa shape index (κ2) is 6.57. The Morgan fingerprint density at radius 2 is 2.08 bits per heavy atom. The number of hydrogen-bond acceptors (Lipinski definition) is 6. The van der Waals surface area contributed by atoms with Crippen LogP contribution in [0.25, 0.3) is 20.4 Å². The lowest BCUT2D eigenvalue weighted by Gasteiger charge is -2.10. The van der Waals surface area contributed by atoms with Crippen molar-refractivity contribution in [2.75, 3.05) is 12.4 Å². The SMILES string of the molecule is COc1ccccc1NC(=O)Cn1cnc2c(sc3ncccc32)c1=O. The van der Waals surface area contributed by atoms with Crippen molar-refractivity contribution >= 4 is 43.4 Å². The minimum absolute atomic E-state index is 0.137. The first kappa shape index (κ1) is 16.2. The van der Waals surface area contributed by atoms with Crippen molar-refractivity contribution in [1.82, 2.24) is 14.5 Å². The van der Waals surface area contributed by atoms with E-state index in [0.29, 0.717) is 21.7 Å². The van der Waals surface area contributed by atoms with Gasteiger partial charge in [0.2, 0.25) is 5.91 Å². The van der Waals surface area contributed by atoms with Crippen LogP contribution in [0.1, 0.15) is 0 Å². The number of rotatable bonds is 4. The Morgan fingerprint density at radius 1 is 1.23 bits per heavy atom. The number of pyridine rings is 1. The Morgan fingerprint density at radius 3 is 2.92 bits per heavy atom. The Balaban J connectivity index is 1.65. The van der Waals surface area contributed by atoms with E-state index in [4.69, 9.17) is 4.74 Å². The maximum absolute atomic E-state index is 12.7. The smallest absolute Gasteiger partial charge is 0.271 e. The third-order valence-electron chi connectivity index (χ3n) is 3.92. The number of nitrogens with zero attached hydrogens (tertiary/aromatic N) is 3. The quantitative estimate of drug-likeness (QED) is 0.600. The van der Waals surface area contributed by atoms with Gasteiger partial charge in [-0.25, -0.2) is 9.97 Å². The van der Waals surface area contributed by atoms with Gasteiger partial charge in [-0.05, 0) is 24.3 Å². The van der Waals surface area contributed by atoms with Gasteiger partial charge in [-0.1, -0.05) is 12.1 Å². The number of carbonyl (C=O) groups excluding carboxylic acids is 1. The van der Waals surface area contributed by atoms with Gasteiger partial charge in [-0.15, -0.1) is 11.3 Å². The Bertz CT molecular complexity index is 1180. The minimum atomic E-state index is -0.336. The topological polar surface area (TPSA) is 86.1 Å². The molecule has 0 fully saturated rings. The zero-order valence-corrected chi connectivity index (χ0v) is 14.6. The number of nitrogens with one attached hydrogen (secondary N) is 1. The van der Waals surface area contributed by atoms with Gasteiger partial charge in [0.15, 0.2) is 0 Å². The van der Waals surface area contributed by atoms with Crippen LogP contribution >= 0.6 is 11.3 Å². The van der Waals surface area contributed by atoms with E-state index in [9.17, 15) is 9.59 Å². The first-order chi connectivity index (χ1) is 12.7. The number of fused-ring (bicyclic) bond motifs is 3. The number of aromatic nitrogens is 3. The van der Waals surface area contributed by atoms with Crippen molar-refractivity contribution < 1.29 is 9.53 Å². The molecule has 0 spiro atoms. The number of ether oxygens (including phenoxy) is 1. The molecular formula is C18H14N4O3S. The molecule has 0 radical (unpaired) electrons. The molecule has 7 nitrogen and oxygen atoms in total. The number of para-hydroxylation sites is 2. The summed E-state index contributed by atoms with van der Waals surface area (Å²) in [5.74, 6) is 0.217. The first-order valence-corrected chi connectivity index (χ1v) is 8.64. The zero-order chi connectivity index (χ0) is 18.1. The van der Waals surface area contributed by atoms with Crippen LogP contribution in [0, 0.1) is 0 Å². The van der Waals surface area contributed by atoms with Crippen molar-refractivity contribution in [3.8, 4) is 5.75 Å². The van der Waals surface area contributed by atoms with Crippen LogP contribution < -0.4 is 15.6 Å². The van der Waals surface area contributed by atoms with Crippen LogP contribution in [-0.2, 0) is 11.3 Å². The summed E-state index contributed by atoms with van der Waals surface area (Å²) in [6, 6.07) is 10.8. The number of benzene rings is 1. The van der Waals surface area contributed by atoms with Gasteiger partial charge in [-0.3, -0.25) is 14.2 Å². The molecule has 0 saturated carbocycles. The van der Waals surface area contributed by atoms with Crippen LogP contribution in [0.4, 0.5) is 5.69 Å². The second-order valence-electron chi connectivity index (χ2n) is 5.56. The van der Waals surface area contributed by atoms with Crippen molar-refractivity contribution in [2.24, 2.45) is 0 Å². The molecule has 3 heterocycles. The maximum atomic E-state index is 12.7. The van der Waals surface area contributed by atoms with Crippen molar-refractivity contribution in [2.45, 2.75) is 6.54 Å². The van der Waals surface area contributed by atoms with Gasteiger partial charge in [0.25, 0.3) is 5.56 Å². The van der Waals surface area contributed by atoms with Crippen LogP contribution in [0.2, 0.25) is 0 Å². The third-order valence-corrected chi connectivity index (χ3v) is 5.01. The minimum Gasteiger partial charge on any atom is -0.495 e. The Kier molecular flexibility index (Phi) is 4.10. The molecule has 0 aliphatic rings. The molecule has 3 aromatic heterocycles. The van der Waals surface area contributed by atoms with Crippen molar-refractivity contribution in [3.05, 3.63) is 59.3 Å². The molecule has 0 unspecified atom stereocenters. The molecule has 0 atom stereocenters. The standard InChI is InChI=1S/C18H14N4O3S/c1-25-13-7-3-2-6-12(13)21-14(23)9-22-10-20-15-11-5-4-8-19-17(11)26-16(15)18(22)24/h2-8,10H,9H2,1H3,(H,21,23). The fraction of sp³-hybridized carbons (Fsp3) is 0.111. The molecule has 8 heteroatoms. The first-order valence-electron chi connectivity index (χ1n) is 7.83. The number of carbonyl (C=O) groups is 1. The summed E-state index contributed by atoms with van der Waals surface area (Å²) < 4.78 is 7.00. The lowest BCUT2D eigenvalue weighted by atomic mass is 10.3. The number of thiophene rings is 1. The van der Waals surface area contributed by atoms with E-state index in [2.05, 4.69) is 15.3 Å². The Hall–Kier alpha value is -3.26. The average molecular weight is 366 g/mol. The molecule has 0 bridgehead atoms. The summed E-state index contributed by atoms with van der Waals surface area (Å²) in [5.41, 5.74) is 0.908. The molecule has 0 aliphatic heterocycles. The second-order valence-corrected chi connectivity index (χ2v) is 6.56. The molecule has 1 N–H and O–H groups in total. The molecule has 1 amide bonds. The normalized spacial score (nSPS) is 11.0. The van der Waals surface area contributed by atoms with Gasteiger partial charge in [-0.2, -0.15) is 0 Å². The zero-order valence-electron chi connectivity index (χ0n) is 13.8. The molecule has 4 aromatic rings. The van der Waals surface area contributed by atoms with E-state index in [1.54, 1.807) is 24.4 Å². The third kappa shape index (κ3) is 2.80. The molecule has 4 rings (SSSR count). The van der Waals surface area contributed by atoms with Gasteiger partial charge >= 0.3 is 0 Å². The summed E-state index contributed by atoms with van der Waals surface area (Å²) in [4.78, 5) is 34.4. The van der Waals surface area contributed by atoms with Crippen LogP contribution in [0.3, 0.4) is 0 Å². The monoisotopic (exact) mass is 366 g/mol. The van der Waals surface area contributed by atoms with Gasteiger partial charge in [0, 0.05) is 11.6 Å². The van der Waals surface area contributed by atoms with Crippen molar-refractivity contribution in [3.63, 3.8) is 0 Å².